The molecule has 0 fully saturated rings. The summed E-state index contributed by atoms with van der Waals surface area (Å²) < 4.78 is 5.24. The number of anilines is 1. The Morgan fingerprint density at radius 3 is 2.65 bits per heavy atom. The molecule has 0 radical (unpaired) electrons. The van der Waals surface area contributed by atoms with Gasteiger partial charge in [0.05, 0.1) is 23.8 Å². The Morgan fingerprint density at radius 1 is 1.30 bits per heavy atom. The van der Waals surface area contributed by atoms with Crippen LogP contribution in [-0.4, -0.2) is 25.0 Å². The van der Waals surface area contributed by atoms with Gasteiger partial charge in [0.15, 0.2) is 0 Å². The lowest BCUT2D eigenvalue weighted by Gasteiger charge is -2.22. The van der Waals surface area contributed by atoms with Crippen molar-refractivity contribution in [1.82, 2.24) is 0 Å². The Morgan fingerprint density at radius 2 is 2.04 bits per heavy atom. The van der Waals surface area contributed by atoms with Crippen LogP contribution in [0.4, 0.5) is 11.4 Å². The molecule has 0 spiro atoms. The molecule has 0 unspecified atom stereocenters. The smallest absolute Gasteiger partial charge is 0.273 e. The molecule has 7 heteroatoms. The number of nitrogens with zero attached hydrogens (tertiary/aromatic N) is 2. The molecule has 0 aliphatic heterocycles. The first kappa shape index (κ1) is 16.3. The first-order valence-corrected chi connectivity index (χ1v) is 6.84. The molecular weight excluding hydrogens is 298 g/mol. The molecule has 0 aliphatic carbocycles. The molecule has 1 amide bonds. The summed E-state index contributed by atoms with van der Waals surface area (Å²) >= 11 is 0. The minimum absolute atomic E-state index is 0.0327. The number of benzene rings is 2. The second-order valence-electron chi connectivity index (χ2n) is 5.03. The van der Waals surface area contributed by atoms with Gasteiger partial charge >= 0.3 is 0 Å². The van der Waals surface area contributed by atoms with Crippen LogP contribution in [0.1, 0.15) is 15.9 Å². The molecular formula is C16H17N3O4. The molecule has 0 bridgehead atoms. The van der Waals surface area contributed by atoms with Crippen molar-refractivity contribution in [1.29, 1.82) is 0 Å². The quantitative estimate of drug-likeness (QED) is 0.651. The van der Waals surface area contributed by atoms with Crippen LogP contribution in [0.15, 0.2) is 42.5 Å². The SMILES string of the molecule is COc1cc([N+](=O)[O-])ccc1N(C)Cc1cccc(C(N)=O)c1. The number of nitrogens with two attached hydrogens (primary N) is 1. The molecule has 2 aromatic rings. The lowest BCUT2D eigenvalue weighted by atomic mass is 10.1. The summed E-state index contributed by atoms with van der Waals surface area (Å²) in [6.45, 7) is 0.495. The summed E-state index contributed by atoms with van der Waals surface area (Å²) in [4.78, 5) is 23.5. The fraction of sp³-hybridized carbons (Fsp3) is 0.188. The van der Waals surface area contributed by atoms with Crippen molar-refractivity contribution in [2.24, 2.45) is 5.73 Å². The molecule has 0 saturated carbocycles. The standard InChI is InChI=1S/C16H17N3O4/c1-18(10-11-4-3-5-12(8-11)16(17)20)14-7-6-13(19(21)22)9-15(14)23-2/h3-9H,10H2,1-2H3,(H2,17,20). The number of nitro benzene ring substituents is 1. The third-order valence-corrected chi connectivity index (χ3v) is 3.42. The van der Waals surface area contributed by atoms with Crippen molar-refractivity contribution in [3.8, 4) is 5.75 Å². The van der Waals surface area contributed by atoms with E-state index in [9.17, 15) is 14.9 Å². The third-order valence-electron chi connectivity index (χ3n) is 3.42. The summed E-state index contributed by atoms with van der Waals surface area (Å²) in [5.74, 6) is -0.0739. The Labute approximate surface area is 133 Å². The van der Waals surface area contributed by atoms with Gasteiger partial charge in [-0.2, -0.15) is 0 Å². The van der Waals surface area contributed by atoms with Gasteiger partial charge in [0.25, 0.3) is 5.69 Å². The highest BCUT2D eigenvalue weighted by atomic mass is 16.6. The van der Waals surface area contributed by atoms with Crippen LogP contribution in [0.3, 0.4) is 0 Å². The van der Waals surface area contributed by atoms with E-state index in [1.807, 2.05) is 18.0 Å². The van der Waals surface area contributed by atoms with Crippen LogP contribution in [0, 0.1) is 10.1 Å². The molecule has 2 rings (SSSR count). The van der Waals surface area contributed by atoms with Gasteiger partial charge in [-0.1, -0.05) is 12.1 Å². The van der Waals surface area contributed by atoms with E-state index >= 15 is 0 Å². The monoisotopic (exact) mass is 315 g/mol. The number of nitro groups is 1. The maximum absolute atomic E-state index is 11.2. The molecule has 0 heterocycles. The van der Waals surface area contributed by atoms with Gasteiger partial charge in [0.2, 0.25) is 5.91 Å². The fourth-order valence-corrected chi connectivity index (χ4v) is 2.28. The average molecular weight is 315 g/mol. The molecule has 2 aromatic carbocycles. The number of primary amides is 1. The minimum Gasteiger partial charge on any atom is -0.494 e. The van der Waals surface area contributed by atoms with E-state index < -0.39 is 10.8 Å². The number of rotatable bonds is 6. The maximum atomic E-state index is 11.2. The molecule has 2 N–H and O–H groups in total. The van der Waals surface area contributed by atoms with Crippen LogP contribution in [0.2, 0.25) is 0 Å². The van der Waals surface area contributed by atoms with Gasteiger partial charge in [0.1, 0.15) is 5.75 Å². The van der Waals surface area contributed by atoms with Gasteiger partial charge < -0.3 is 15.4 Å². The topological polar surface area (TPSA) is 98.7 Å². The Hall–Kier alpha value is -3.09. The van der Waals surface area contributed by atoms with Crippen LogP contribution in [0.25, 0.3) is 0 Å². The van der Waals surface area contributed by atoms with Gasteiger partial charge in [-0.15, -0.1) is 0 Å². The summed E-state index contributed by atoms with van der Waals surface area (Å²) in [7, 11) is 3.30. The molecule has 0 aromatic heterocycles. The van der Waals surface area contributed by atoms with E-state index in [0.717, 1.165) is 5.56 Å². The number of hydrogen-bond acceptors (Lipinski definition) is 5. The van der Waals surface area contributed by atoms with Gasteiger partial charge in [0, 0.05) is 25.2 Å². The first-order valence-electron chi connectivity index (χ1n) is 6.84. The highest BCUT2D eigenvalue weighted by molar-refractivity contribution is 5.92. The highest BCUT2D eigenvalue weighted by Crippen LogP contribution is 2.32. The molecule has 23 heavy (non-hydrogen) atoms. The number of amides is 1. The predicted molar refractivity (Wildman–Crippen MR) is 86.7 cm³/mol. The van der Waals surface area contributed by atoms with Crippen LogP contribution < -0.4 is 15.4 Å². The van der Waals surface area contributed by atoms with Crippen molar-refractivity contribution >= 4 is 17.3 Å². The normalized spacial score (nSPS) is 10.2. The van der Waals surface area contributed by atoms with Crippen LogP contribution in [-0.2, 0) is 6.54 Å². The van der Waals surface area contributed by atoms with E-state index in [-0.39, 0.29) is 5.69 Å². The van der Waals surface area contributed by atoms with Gasteiger partial charge in [-0.05, 0) is 23.8 Å². The summed E-state index contributed by atoms with van der Waals surface area (Å²) in [6.07, 6.45) is 0. The molecule has 120 valence electrons. The van der Waals surface area contributed by atoms with E-state index in [1.54, 1.807) is 24.3 Å². The van der Waals surface area contributed by atoms with Crippen molar-refractivity contribution in [2.45, 2.75) is 6.54 Å². The second-order valence-corrected chi connectivity index (χ2v) is 5.03. The molecule has 0 saturated heterocycles. The van der Waals surface area contributed by atoms with Crippen molar-refractivity contribution in [3.63, 3.8) is 0 Å². The zero-order chi connectivity index (χ0) is 17.0. The number of carbonyl (C=O) groups excluding carboxylic acids is 1. The zero-order valence-electron chi connectivity index (χ0n) is 12.9. The third kappa shape index (κ3) is 3.76. The van der Waals surface area contributed by atoms with E-state index in [4.69, 9.17) is 10.5 Å². The maximum Gasteiger partial charge on any atom is 0.273 e. The Bertz CT molecular complexity index is 746. The number of methoxy groups -OCH3 is 1. The van der Waals surface area contributed by atoms with Gasteiger partial charge in [-0.3, -0.25) is 14.9 Å². The second kappa shape index (κ2) is 6.78. The average Bonchev–Trinajstić information content (AvgIpc) is 2.54. The Kier molecular flexibility index (Phi) is 4.80. The van der Waals surface area contributed by atoms with E-state index in [0.29, 0.717) is 23.5 Å². The predicted octanol–water partition coefficient (Wildman–Crippen LogP) is 2.34. The minimum atomic E-state index is -0.484. The first-order chi connectivity index (χ1) is 10.9. The fourth-order valence-electron chi connectivity index (χ4n) is 2.28. The number of hydrogen-bond donors (Lipinski definition) is 1. The summed E-state index contributed by atoms with van der Waals surface area (Å²) in [5, 5.41) is 10.8. The van der Waals surface area contributed by atoms with E-state index in [2.05, 4.69) is 0 Å². The van der Waals surface area contributed by atoms with Gasteiger partial charge in [-0.25, -0.2) is 0 Å². The van der Waals surface area contributed by atoms with E-state index in [1.165, 1.54) is 19.2 Å². The molecule has 7 nitrogen and oxygen atoms in total. The molecule has 0 atom stereocenters. The molecule has 0 aliphatic rings. The summed E-state index contributed by atoms with van der Waals surface area (Å²) in [5.41, 5.74) is 7.29. The lowest BCUT2D eigenvalue weighted by molar-refractivity contribution is -0.384. The zero-order valence-corrected chi connectivity index (χ0v) is 12.9. The number of ether oxygens (including phenoxy) is 1. The Balaban J connectivity index is 2.26. The number of non-ortho nitro benzene ring substituents is 1. The highest BCUT2D eigenvalue weighted by Gasteiger charge is 2.14. The van der Waals surface area contributed by atoms with Crippen LogP contribution in [0.5, 0.6) is 5.75 Å². The number of carbonyl (C=O) groups is 1. The van der Waals surface area contributed by atoms with Crippen molar-refractivity contribution in [3.05, 3.63) is 63.7 Å². The van der Waals surface area contributed by atoms with Crippen molar-refractivity contribution in [2.75, 3.05) is 19.1 Å². The largest absolute Gasteiger partial charge is 0.494 e. The van der Waals surface area contributed by atoms with Crippen LogP contribution >= 0.6 is 0 Å². The summed E-state index contributed by atoms with van der Waals surface area (Å²) in [6, 6.07) is 11.4. The lowest BCUT2D eigenvalue weighted by Crippen LogP contribution is -2.18. The van der Waals surface area contributed by atoms with Crippen molar-refractivity contribution < 1.29 is 14.5 Å².